The predicted octanol–water partition coefficient (Wildman–Crippen LogP) is 43.1. The molecule has 12 aromatic heterocycles. The van der Waals surface area contributed by atoms with Crippen molar-refractivity contribution in [3.63, 3.8) is 0 Å². The summed E-state index contributed by atoms with van der Waals surface area (Å²) >= 11 is 20.4. The summed E-state index contributed by atoms with van der Waals surface area (Å²) in [6.45, 7) is 48.2. The summed E-state index contributed by atoms with van der Waals surface area (Å²) in [5, 5.41) is 18.5. The van der Waals surface area contributed by atoms with Gasteiger partial charge in [0, 0.05) is 80.1 Å². The molecule has 0 N–H and O–H groups in total. The number of benzene rings is 5. The first-order valence-corrected chi connectivity index (χ1v) is 72.7. The summed E-state index contributed by atoms with van der Waals surface area (Å²) in [6.07, 6.45) is 40.2. The van der Waals surface area contributed by atoms with Gasteiger partial charge in [0.2, 0.25) is 0 Å². The van der Waals surface area contributed by atoms with E-state index in [1.54, 1.807) is 70.5 Å². The molecular formula is C120H160N4S12Sn. The van der Waals surface area contributed by atoms with Crippen LogP contribution in [-0.2, 0) is 64.2 Å². The quantitative estimate of drug-likeness (QED) is 0.0282. The van der Waals surface area contributed by atoms with Gasteiger partial charge < -0.3 is 0 Å². The average molecular weight is 2160 g/mol. The Hall–Kier alpha value is -4.90. The van der Waals surface area contributed by atoms with Gasteiger partial charge in [-0.3, -0.25) is 0 Å². The molecule has 0 amide bonds. The standard InChI is InChI=1S/C48H60N2S5.C26H32N2S3.C21H27S2.C20H26S2.C2H6.3CH3.Sn/c1-9-11-13-15-17-33-26-41(52-32(33)8)37-23-24-38(45-44(37)49-55-50-45)42-27-34(18-16-14-12-10-2)46(53-42)43-28-40-36(22-20-30(5)6)47-39(25-31(7)51-47)35(48(40)54-43)21-19-29(3)4;1-3-5-7-9-11-19-15-23(29-17-19)21-13-14-22(26-25(21)27-31-28-26)24-16-20(18-30-24)12-10-8-6-4-2;1-13(2)6-8-16-18-10-11-22-20(18)17(9-7-14(3)4)19-12-15(5)23-21(16)19;1-13(2)5-7-15-17-9-11-22-20(17)16(8-6-14(3)4)18-10-12-21-19(15)18;1-2;;;;/h23-30H,9-22H2,1-8H3;13-18H,3-12H2,1-2H3;10,12-14H,6-9H2,1-5H3;9-14H,5-8H2,1-4H3;1-2H3;3*1H3;. The molecule has 0 radical (unpaired) electrons. The van der Waals surface area contributed by atoms with Crippen LogP contribution in [-0.4, -0.2) is 35.9 Å². The van der Waals surface area contributed by atoms with Gasteiger partial charge in [-0.05, 0) is 276 Å². The number of fused-ring (bicyclic) bond motifs is 8. The van der Waals surface area contributed by atoms with E-state index in [1.807, 2.05) is 105 Å². The first-order chi connectivity index (χ1) is 66.1. The average Bonchev–Trinajstić information content (AvgIpc) is 1.60. The number of unbranched alkanes of at least 4 members (excludes halogenated alkanes) is 12. The van der Waals surface area contributed by atoms with Crippen LogP contribution in [0.3, 0.4) is 0 Å². The second-order valence-electron chi connectivity index (χ2n) is 42.2. The third-order valence-corrected chi connectivity index (χ3v) is 48.7. The number of hydrogen-bond donors (Lipinski definition) is 0. The van der Waals surface area contributed by atoms with E-state index in [0.29, 0.717) is 11.8 Å². The Bertz CT molecular complexity index is 6320. The topological polar surface area (TPSA) is 51.6 Å². The fraction of sp³-hybridized carbons (Fsp3) is 0.517. The molecule has 0 unspecified atom stereocenters. The minimum atomic E-state index is -2.07. The van der Waals surface area contributed by atoms with Gasteiger partial charge in [0.15, 0.2) is 0 Å². The van der Waals surface area contributed by atoms with Crippen molar-refractivity contribution in [2.75, 3.05) is 0 Å². The van der Waals surface area contributed by atoms with Crippen molar-refractivity contribution >= 4 is 241 Å². The zero-order chi connectivity index (χ0) is 97.7. The molecular weight excluding hydrogens is 2000 g/mol. The first-order valence-electron chi connectivity index (χ1n) is 52.8. The molecule has 0 saturated carbocycles. The van der Waals surface area contributed by atoms with Gasteiger partial charge >= 0.3 is 179 Å². The molecule has 0 bridgehead atoms. The molecule has 0 aliphatic heterocycles. The SMILES string of the molecule is CC.CC(C)CCc1c2ccsc2c(CCC(C)C)c2ccsc12.CCCCCCc1cc(-c2ccc(-c3cc(CCCCCC)c(-c4cc5c(CCC(C)C)c6sc(C)cc6c(CCC(C)C)c5s4)s3)c3nsnc23)sc1C.CCCCCCc1csc(-c2ccc(-c3cc(CCCCCC)cs3)c3nsnc23)c1.Cc1cc2c(CCC(C)C)c3s[c]([Sn]([CH3])([CH3])[CH3])cc3c(CCC(C)C)c2s1. The molecule has 17 heteroatoms. The molecule has 736 valence electrons. The van der Waals surface area contributed by atoms with Crippen molar-refractivity contribution in [3.05, 3.63) is 177 Å². The van der Waals surface area contributed by atoms with Gasteiger partial charge in [0.05, 0.1) is 23.5 Å². The number of hydrogen-bond acceptors (Lipinski definition) is 16. The number of aromatic nitrogens is 4. The Morgan fingerprint density at radius 1 is 0.285 bits per heavy atom. The number of nitrogens with zero attached hydrogens (tertiary/aromatic N) is 4. The maximum atomic E-state index is 4.98. The molecule has 0 saturated heterocycles. The number of aryl methyl sites for hydroxylation is 13. The third kappa shape index (κ3) is 28.0. The van der Waals surface area contributed by atoms with Crippen LogP contribution in [0, 0.1) is 56.3 Å². The van der Waals surface area contributed by atoms with E-state index in [9.17, 15) is 0 Å². The Labute approximate surface area is 878 Å². The van der Waals surface area contributed by atoms with E-state index in [4.69, 9.17) is 17.5 Å². The Kier molecular flexibility index (Phi) is 42.1. The van der Waals surface area contributed by atoms with Crippen molar-refractivity contribution in [1.29, 1.82) is 0 Å². The summed E-state index contributed by atoms with van der Waals surface area (Å²) in [7, 11) is 0. The molecule has 4 nitrogen and oxygen atoms in total. The van der Waals surface area contributed by atoms with Crippen molar-refractivity contribution in [1.82, 2.24) is 17.5 Å². The Morgan fingerprint density at radius 3 is 0.993 bits per heavy atom. The van der Waals surface area contributed by atoms with Gasteiger partial charge in [0.1, 0.15) is 22.1 Å². The van der Waals surface area contributed by atoms with Crippen LogP contribution in [0.5, 0.6) is 0 Å². The fourth-order valence-corrected chi connectivity index (χ4v) is 36.7. The van der Waals surface area contributed by atoms with Crippen molar-refractivity contribution in [3.8, 4) is 51.5 Å². The third-order valence-electron chi connectivity index (χ3n) is 27.2. The van der Waals surface area contributed by atoms with Crippen LogP contribution in [0.1, 0.15) is 336 Å². The molecule has 0 atom stereocenters. The van der Waals surface area contributed by atoms with Gasteiger partial charge in [0.25, 0.3) is 0 Å². The van der Waals surface area contributed by atoms with Crippen LogP contribution >= 0.6 is 137 Å². The van der Waals surface area contributed by atoms with Gasteiger partial charge in [-0.25, -0.2) is 0 Å². The summed E-state index contributed by atoms with van der Waals surface area (Å²) in [4.78, 5) is 20.3. The van der Waals surface area contributed by atoms with E-state index in [0.717, 1.165) is 65.0 Å². The summed E-state index contributed by atoms with van der Waals surface area (Å²) in [5.41, 5.74) is 24.8. The van der Waals surface area contributed by atoms with E-state index in [2.05, 4.69) is 275 Å². The van der Waals surface area contributed by atoms with Crippen molar-refractivity contribution < 1.29 is 0 Å². The molecule has 0 aliphatic carbocycles. The van der Waals surface area contributed by atoms with E-state index in [1.165, 1.54) is 324 Å². The molecule has 17 rings (SSSR count). The molecule has 0 aliphatic rings. The molecule has 137 heavy (non-hydrogen) atoms. The Morgan fingerprint density at radius 2 is 0.613 bits per heavy atom. The summed E-state index contributed by atoms with van der Waals surface area (Å²) in [6, 6.07) is 33.8. The van der Waals surface area contributed by atoms with Gasteiger partial charge in [-0.15, -0.1) is 90.7 Å². The van der Waals surface area contributed by atoms with Crippen LogP contribution in [0.25, 0.3) is 134 Å². The molecule has 17 aromatic rings. The normalized spacial score (nSPS) is 12.1. The predicted molar refractivity (Wildman–Crippen MR) is 638 cm³/mol. The van der Waals surface area contributed by atoms with Gasteiger partial charge in [-0.2, -0.15) is 17.5 Å². The maximum absolute atomic E-state index is 4.98. The molecule has 0 fully saturated rings. The van der Waals surface area contributed by atoms with E-state index >= 15 is 0 Å². The van der Waals surface area contributed by atoms with Crippen LogP contribution in [0.2, 0.25) is 14.8 Å². The minimum absolute atomic E-state index is 0.685. The zero-order valence-corrected chi connectivity index (χ0v) is 100. The summed E-state index contributed by atoms with van der Waals surface area (Å²) in [5.74, 6) is 4.43. The fourth-order valence-electron chi connectivity index (χ4n) is 19.1. The second-order valence-corrected chi connectivity index (χ2v) is 69.3. The van der Waals surface area contributed by atoms with E-state index in [-0.39, 0.29) is 0 Å². The number of thiophene rings is 10. The zero-order valence-electron chi connectivity index (χ0n) is 87.7. The monoisotopic (exact) mass is 2160 g/mol. The molecule has 12 heterocycles. The van der Waals surface area contributed by atoms with Crippen LogP contribution in [0.4, 0.5) is 0 Å². The van der Waals surface area contributed by atoms with Crippen molar-refractivity contribution in [2.45, 2.75) is 366 Å². The van der Waals surface area contributed by atoms with Gasteiger partial charge in [-0.1, -0.05) is 198 Å². The second kappa shape index (κ2) is 52.7. The van der Waals surface area contributed by atoms with Crippen LogP contribution in [0.15, 0.2) is 106 Å². The molecule has 5 aromatic carbocycles. The summed E-state index contributed by atoms with van der Waals surface area (Å²) < 4.78 is 30.5. The van der Waals surface area contributed by atoms with E-state index < -0.39 is 18.4 Å². The number of rotatable bonds is 44. The molecule has 0 spiro atoms. The van der Waals surface area contributed by atoms with Crippen LogP contribution < -0.4 is 2.89 Å². The Balaban J connectivity index is 0.000000164. The first kappa shape index (κ1) is 109. The van der Waals surface area contributed by atoms with Crippen molar-refractivity contribution in [2.24, 2.45) is 35.5 Å².